The average Bonchev–Trinajstić information content (AvgIpc) is 3.43. The largest absolute Gasteiger partial charge is 0.462 e. The molecule has 0 radical (unpaired) electrons. The quantitative estimate of drug-likeness (QED) is 0.0261. The fourth-order valence-electron chi connectivity index (χ4n) is 9.19. The number of unbranched alkanes of at least 4 members (excludes halogenated alkanes) is 32. The van der Waals surface area contributed by atoms with Crippen LogP contribution in [0.15, 0.2) is 97.2 Å². The monoisotopic (exact) mass is 1070 g/mol. The first kappa shape index (κ1) is 73.3. The van der Waals surface area contributed by atoms with Gasteiger partial charge in [-0.05, 0) is 96.3 Å². The van der Waals surface area contributed by atoms with Crippen molar-refractivity contribution in [2.75, 3.05) is 13.2 Å². The summed E-state index contributed by atoms with van der Waals surface area (Å²) in [5.41, 5.74) is 0. The van der Waals surface area contributed by atoms with E-state index in [9.17, 15) is 14.4 Å². The van der Waals surface area contributed by atoms with Gasteiger partial charge in [-0.2, -0.15) is 0 Å². The molecule has 0 saturated heterocycles. The van der Waals surface area contributed by atoms with Crippen LogP contribution in [0.25, 0.3) is 0 Å². The summed E-state index contributed by atoms with van der Waals surface area (Å²) < 4.78 is 16.9. The summed E-state index contributed by atoms with van der Waals surface area (Å²) in [5, 5.41) is 0. The van der Waals surface area contributed by atoms with Crippen LogP contribution in [0, 0.1) is 0 Å². The van der Waals surface area contributed by atoms with Crippen LogP contribution < -0.4 is 0 Å². The van der Waals surface area contributed by atoms with Gasteiger partial charge < -0.3 is 14.2 Å². The molecule has 0 aliphatic rings. The predicted octanol–water partition coefficient (Wildman–Crippen LogP) is 22.4. The van der Waals surface area contributed by atoms with Gasteiger partial charge in [-0.25, -0.2) is 0 Å². The van der Waals surface area contributed by atoms with Gasteiger partial charge in [-0.15, -0.1) is 0 Å². The molecule has 0 aromatic rings. The molecule has 0 bridgehead atoms. The fraction of sp³-hybridized carbons (Fsp3) is 0.732. The third kappa shape index (κ3) is 63.0. The van der Waals surface area contributed by atoms with E-state index in [4.69, 9.17) is 14.2 Å². The van der Waals surface area contributed by atoms with Crippen LogP contribution in [-0.4, -0.2) is 37.2 Å². The Balaban J connectivity index is 4.21. The molecule has 1 atom stereocenters. The van der Waals surface area contributed by atoms with Crippen molar-refractivity contribution in [3.63, 3.8) is 0 Å². The smallest absolute Gasteiger partial charge is 0.306 e. The first-order valence-corrected chi connectivity index (χ1v) is 32.7. The van der Waals surface area contributed by atoms with E-state index in [0.29, 0.717) is 19.3 Å². The lowest BCUT2D eigenvalue weighted by Gasteiger charge is -2.18. The van der Waals surface area contributed by atoms with Crippen molar-refractivity contribution in [3.8, 4) is 0 Å². The van der Waals surface area contributed by atoms with Gasteiger partial charge in [0.25, 0.3) is 0 Å². The molecule has 0 N–H and O–H groups in total. The molecule has 0 saturated carbocycles. The van der Waals surface area contributed by atoms with Crippen molar-refractivity contribution in [1.82, 2.24) is 0 Å². The maximum atomic E-state index is 12.9. The zero-order valence-corrected chi connectivity index (χ0v) is 50.7. The van der Waals surface area contributed by atoms with E-state index in [0.717, 1.165) is 122 Å². The Hall–Kier alpha value is -3.67. The molecule has 6 nitrogen and oxygen atoms in total. The topological polar surface area (TPSA) is 78.9 Å². The first-order chi connectivity index (χ1) is 38.0. The van der Waals surface area contributed by atoms with Crippen molar-refractivity contribution >= 4 is 17.9 Å². The molecule has 0 rings (SSSR count). The number of ether oxygens (including phenoxy) is 3. The Morgan fingerprint density at radius 3 is 0.857 bits per heavy atom. The molecule has 0 aromatic heterocycles. The summed E-state index contributed by atoms with van der Waals surface area (Å²) in [6.07, 6.45) is 87.1. The number of rotatable bonds is 59. The maximum Gasteiger partial charge on any atom is 0.306 e. The highest BCUT2D eigenvalue weighted by Crippen LogP contribution is 2.17. The molecular weight excluding hydrogens is 949 g/mol. The van der Waals surface area contributed by atoms with Crippen LogP contribution in [-0.2, 0) is 28.6 Å². The van der Waals surface area contributed by atoms with Gasteiger partial charge in [-0.1, -0.05) is 298 Å². The summed E-state index contributed by atoms with van der Waals surface area (Å²) in [5.74, 6) is -0.885. The highest BCUT2D eigenvalue weighted by atomic mass is 16.6. The fourth-order valence-corrected chi connectivity index (χ4v) is 9.19. The van der Waals surface area contributed by atoms with E-state index >= 15 is 0 Å². The molecule has 0 heterocycles. The third-order valence-corrected chi connectivity index (χ3v) is 14.1. The van der Waals surface area contributed by atoms with Gasteiger partial charge in [0.15, 0.2) is 6.10 Å². The highest BCUT2D eigenvalue weighted by Gasteiger charge is 2.19. The van der Waals surface area contributed by atoms with Gasteiger partial charge >= 0.3 is 17.9 Å². The SMILES string of the molecule is CC/C=C\C/C=C\C/C=C\C/C=C\C/C=C\C/C=C\C/C=C\CCCCCCCCCCCC(=O)OCC(COC(=O)CCCCCCC/C=C\CCC)OC(=O)CCCCCCCCCCCCCCCCCCCC. The first-order valence-electron chi connectivity index (χ1n) is 32.7. The number of carbonyl (C=O) groups excluding carboxylic acids is 3. The normalized spacial score (nSPS) is 12.7. The van der Waals surface area contributed by atoms with Crippen molar-refractivity contribution in [3.05, 3.63) is 97.2 Å². The van der Waals surface area contributed by atoms with Crippen molar-refractivity contribution in [2.45, 2.75) is 322 Å². The summed E-state index contributed by atoms with van der Waals surface area (Å²) in [4.78, 5) is 38.2. The van der Waals surface area contributed by atoms with Crippen LogP contribution in [0.4, 0.5) is 0 Å². The number of hydrogen-bond acceptors (Lipinski definition) is 6. The molecule has 0 amide bonds. The second kappa shape index (κ2) is 64.9. The van der Waals surface area contributed by atoms with E-state index < -0.39 is 6.10 Å². The van der Waals surface area contributed by atoms with E-state index in [1.165, 1.54) is 154 Å². The molecular formula is C71H122O6. The second-order valence-electron chi connectivity index (χ2n) is 21.6. The van der Waals surface area contributed by atoms with Crippen LogP contribution in [0.2, 0.25) is 0 Å². The zero-order chi connectivity index (χ0) is 55.7. The van der Waals surface area contributed by atoms with E-state index in [2.05, 4.69) is 118 Å². The standard InChI is InChI=1S/C71H122O6/c1-4-7-10-13-16-19-22-24-26-28-30-31-32-33-34-35-36-37-38-39-40-41-42-44-45-47-49-52-55-58-61-64-70(73)76-67-68(66-75-69(72)63-60-57-54-51-21-18-15-12-9-6-3)77-71(74)65-62-59-56-53-50-48-46-43-29-27-25-23-20-17-14-11-8-5-2/h7,10,12,15-16,19,24,26,30-31,33-34,36-37,39-40,68H,4-6,8-9,11,13-14,17-18,20-23,25,27-29,32,35,38,41-67H2,1-3H3/b10-7-,15-12-,19-16-,26-24-,31-30-,34-33-,37-36-,40-39-. The minimum Gasteiger partial charge on any atom is -0.462 e. The van der Waals surface area contributed by atoms with Crippen LogP contribution in [0.3, 0.4) is 0 Å². The van der Waals surface area contributed by atoms with E-state index in [1.807, 2.05) is 0 Å². The van der Waals surface area contributed by atoms with Gasteiger partial charge in [0.05, 0.1) is 0 Å². The molecule has 6 heteroatoms. The van der Waals surface area contributed by atoms with Crippen molar-refractivity contribution in [1.29, 1.82) is 0 Å². The summed E-state index contributed by atoms with van der Waals surface area (Å²) >= 11 is 0. The van der Waals surface area contributed by atoms with Crippen LogP contribution in [0.5, 0.6) is 0 Å². The number of esters is 3. The van der Waals surface area contributed by atoms with Gasteiger partial charge in [0.2, 0.25) is 0 Å². The van der Waals surface area contributed by atoms with Gasteiger partial charge in [-0.3, -0.25) is 14.4 Å². The van der Waals surface area contributed by atoms with Crippen LogP contribution >= 0.6 is 0 Å². The third-order valence-electron chi connectivity index (χ3n) is 14.1. The van der Waals surface area contributed by atoms with Gasteiger partial charge in [0, 0.05) is 19.3 Å². The predicted molar refractivity (Wildman–Crippen MR) is 334 cm³/mol. The lowest BCUT2D eigenvalue weighted by molar-refractivity contribution is -0.167. The lowest BCUT2D eigenvalue weighted by atomic mass is 10.0. The van der Waals surface area contributed by atoms with E-state index in [-0.39, 0.29) is 31.1 Å². The second-order valence-corrected chi connectivity index (χ2v) is 21.6. The highest BCUT2D eigenvalue weighted by molar-refractivity contribution is 5.71. The Morgan fingerprint density at radius 2 is 0.532 bits per heavy atom. The lowest BCUT2D eigenvalue weighted by Crippen LogP contribution is -2.30. The number of allylic oxidation sites excluding steroid dienone is 16. The molecule has 0 aliphatic heterocycles. The molecule has 0 spiro atoms. The van der Waals surface area contributed by atoms with Gasteiger partial charge in [0.1, 0.15) is 13.2 Å². The molecule has 442 valence electrons. The summed E-state index contributed by atoms with van der Waals surface area (Å²) in [6, 6.07) is 0. The number of hydrogen-bond donors (Lipinski definition) is 0. The molecule has 1 unspecified atom stereocenters. The molecule has 0 aromatic carbocycles. The Morgan fingerprint density at radius 1 is 0.273 bits per heavy atom. The van der Waals surface area contributed by atoms with Crippen molar-refractivity contribution in [2.24, 2.45) is 0 Å². The van der Waals surface area contributed by atoms with E-state index in [1.54, 1.807) is 0 Å². The average molecular weight is 1070 g/mol. The Bertz CT molecular complexity index is 1510. The molecule has 0 fully saturated rings. The summed E-state index contributed by atoms with van der Waals surface area (Å²) in [6.45, 7) is 6.48. The zero-order valence-electron chi connectivity index (χ0n) is 50.7. The molecule has 0 aliphatic carbocycles. The minimum absolute atomic E-state index is 0.0804. The minimum atomic E-state index is -0.781. The number of carbonyl (C=O) groups is 3. The van der Waals surface area contributed by atoms with Crippen LogP contribution in [0.1, 0.15) is 316 Å². The Labute approximate surface area is 477 Å². The summed E-state index contributed by atoms with van der Waals surface area (Å²) in [7, 11) is 0. The molecule has 77 heavy (non-hydrogen) atoms. The Kier molecular flexibility index (Phi) is 61.8. The van der Waals surface area contributed by atoms with Crippen molar-refractivity contribution < 1.29 is 28.6 Å². The maximum absolute atomic E-state index is 12.9.